The molecular weight excluding hydrogens is 188 g/mol. The zero-order chi connectivity index (χ0) is 11.2. The molecule has 2 nitrogen and oxygen atoms in total. The smallest absolute Gasteiger partial charge is 0.189 e. The highest BCUT2D eigenvalue weighted by atomic mass is 16.1. The number of fused-ring (bicyclic) bond motifs is 1. The third-order valence-corrected chi connectivity index (χ3v) is 2.68. The number of Topliss-reactive ketones (excluding diaryl/α,β-unsaturated/α-hetero) is 1. The molecule has 0 amide bonds. The molecule has 76 valence electrons. The molecular formula is C13H12O2. The van der Waals surface area contributed by atoms with E-state index >= 15 is 0 Å². The normalized spacial score (nSPS) is 15.0. The largest absolute Gasteiger partial charge is 0.289 e. The van der Waals surface area contributed by atoms with Gasteiger partial charge in [0, 0.05) is 16.7 Å². The lowest BCUT2D eigenvalue weighted by molar-refractivity contribution is 0.0984. The molecule has 0 saturated carbocycles. The van der Waals surface area contributed by atoms with E-state index in [1.807, 2.05) is 19.9 Å². The molecule has 0 fully saturated rings. The summed E-state index contributed by atoms with van der Waals surface area (Å²) in [5.74, 6) is -0.0870. The molecule has 1 aromatic carbocycles. The number of aryl methyl sites for hydroxylation is 2. The minimum Gasteiger partial charge on any atom is -0.289 e. The van der Waals surface area contributed by atoms with Crippen LogP contribution in [0.5, 0.6) is 0 Å². The average Bonchev–Trinajstić information content (AvgIpc) is 2.13. The van der Waals surface area contributed by atoms with Gasteiger partial charge < -0.3 is 0 Å². The molecule has 1 aromatic rings. The van der Waals surface area contributed by atoms with Crippen molar-refractivity contribution in [3.63, 3.8) is 0 Å². The number of carbonyl (C=O) groups excluding carboxylic acids is 2. The number of carbonyl (C=O) groups is 2. The van der Waals surface area contributed by atoms with Crippen LogP contribution in [0.4, 0.5) is 0 Å². The highest BCUT2D eigenvalue weighted by Gasteiger charge is 2.24. The van der Waals surface area contributed by atoms with Gasteiger partial charge >= 0.3 is 0 Å². The molecule has 0 aliphatic heterocycles. The zero-order valence-corrected chi connectivity index (χ0v) is 9.05. The van der Waals surface area contributed by atoms with Crippen molar-refractivity contribution in [3.05, 3.63) is 46.0 Å². The van der Waals surface area contributed by atoms with Gasteiger partial charge in [0.1, 0.15) is 0 Å². The first-order chi connectivity index (χ1) is 7.00. The van der Waals surface area contributed by atoms with Crippen molar-refractivity contribution in [1.29, 1.82) is 0 Å². The predicted molar refractivity (Wildman–Crippen MR) is 58.3 cm³/mol. The van der Waals surface area contributed by atoms with Crippen LogP contribution in [-0.4, -0.2) is 11.6 Å². The maximum Gasteiger partial charge on any atom is 0.189 e. The monoisotopic (exact) mass is 200 g/mol. The summed E-state index contributed by atoms with van der Waals surface area (Å²) in [4.78, 5) is 23.6. The SMILES string of the molecule is CC1=CC(=O)c2cc(C)cc(C)c2C1=O. The number of benzene rings is 1. The van der Waals surface area contributed by atoms with E-state index < -0.39 is 0 Å². The van der Waals surface area contributed by atoms with E-state index in [9.17, 15) is 9.59 Å². The number of rotatable bonds is 0. The summed E-state index contributed by atoms with van der Waals surface area (Å²) >= 11 is 0. The van der Waals surface area contributed by atoms with Crippen LogP contribution in [0.25, 0.3) is 0 Å². The van der Waals surface area contributed by atoms with Crippen LogP contribution < -0.4 is 0 Å². The quantitative estimate of drug-likeness (QED) is 0.645. The van der Waals surface area contributed by atoms with Gasteiger partial charge in [-0.3, -0.25) is 9.59 Å². The molecule has 0 saturated heterocycles. The molecule has 0 aromatic heterocycles. The van der Waals surface area contributed by atoms with E-state index in [-0.39, 0.29) is 11.6 Å². The average molecular weight is 200 g/mol. The predicted octanol–water partition coefficient (Wildman–Crippen LogP) is 2.63. The van der Waals surface area contributed by atoms with Crippen molar-refractivity contribution >= 4 is 11.6 Å². The Labute approximate surface area is 88.6 Å². The van der Waals surface area contributed by atoms with Gasteiger partial charge in [-0.15, -0.1) is 0 Å². The second kappa shape index (κ2) is 3.16. The lowest BCUT2D eigenvalue weighted by Crippen LogP contribution is -2.17. The van der Waals surface area contributed by atoms with Crippen molar-refractivity contribution in [1.82, 2.24) is 0 Å². The first-order valence-electron chi connectivity index (χ1n) is 4.89. The fourth-order valence-electron chi connectivity index (χ4n) is 2.00. The Bertz CT molecular complexity index is 508. The standard InChI is InChI=1S/C13H12O2/c1-7-4-8(2)12-10(5-7)11(14)6-9(3)13(12)15/h4-6H,1-3H3. The summed E-state index contributed by atoms with van der Waals surface area (Å²) in [6.45, 7) is 5.48. The van der Waals surface area contributed by atoms with E-state index in [2.05, 4.69) is 0 Å². The molecule has 0 radical (unpaired) electrons. The molecule has 15 heavy (non-hydrogen) atoms. The van der Waals surface area contributed by atoms with Crippen LogP contribution in [0, 0.1) is 13.8 Å². The minimum atomic E-state index is -0.0612. The van der Waals surface area contributed by atoms with Crippen LogP contribution in [0.1, 0.15) is 38.8 Å². The first kappa shape index (κ1) is 9.84. The summed E-state index contributed by atoms with van der Waals surface area (Å²) in [5, 5.41) is 0. The number of hydrogen-bond donors (Lipinski definition) is 0. The van der Waals surface area contributed by atoms with E-state index in [4.69, 9.17) is 0 Å². The summed E-state index contributed by atoms with van der Waals surface area (Å²) in [5.41, 5.74) is 3.55. The van der Waals surface area contributed by atoms with Crippen LogP contribution in [-0.2, 0) is 0 Å². The highest BCUT2D eigenvalue weighted by molar-refractivity contribution is 6.24. The first-order valence-corrected chi connectivity index (χ1v) is 4.89. The van der Waals surface area contributed by atoms with Crippen molar-refractivity contribution in [3.8, 4) is 0 Å². The lowest BCUT2D eigenvalue weighted by Gasteiger charge is -2.15. The Hall–Kier alpha value is -1.70. The fourth-order valence-corrected chi connectivity index (χ4v) is 2.00. The van der Waals surface area contributed by atoms with Gasteiger partial charge in [-0.05, 0) is 38.5 Å². The van der Waals surface area contributed by atoms with Gasteiger partial charge in [0.15, 0.2) is 11.6 Å². The van der Waals surface area contributed by atoms with E-state index in [0.29, 0.717) is 16.7 Å². The second-order valence-corrected chi connectivity index (χ2v) is 4.03. The van der Waals surface area contributed by atoms with Gasteiger partial charge in [-0.25, -0.2) is 0 Å². The molecule has 0 heterocycles. The Balaban J connectivity index is 2.78. The molecule has 0 atom stereocenters. The van der Waals surface area contributed by atoms with Gasteiger partial charge in [0.05, 0.1) is 0 Å². The lowest BCUT2D eigenvalue weighted by atomic mass is 9.86. The number of ketones is 2. The Morgan fingerprint density at radius 3 is 2.33 bits per heavy atom. The molecule has 1 aliphatic carbocycles. The third-order valence-electron chi connectivity index (χ3n) is 2.68. The zero-order valence-electron chi connectivity index (χ0n) is 9.05. The second-order valence-electron chi connectivity index (χ2n) is 4.03. The van der Waals surface area contributed by atoms with Crippen LogP contribution in [0.3, 0.4) is 0 Å². The van der Waals surface area contributed by atoms with Crippen molar-refractivity contribution < 1.29 is 9.59 Å². The van der Waals surface area contributed by atoms with Gasteiger partial charge in [-0.2, -0.15) is 0 Å². The van der Waals surface area contributed by atoms with Crippen molar-refractivity contribution in [2.45, 2.75) is 20.8 Å². The van der Waals surface area contributed by atoms with Crippen LogP contribution >= 0.6 is 0 Å². The van der Waals surface area contributed by atoms with E-state index in [0.717, 1.165) is 11.1 Å². The maximum atomic E-state index is 11.9. The van der Waals surface area contributed by atoms with Crippen molar-refractivity contribution in [2.75, 3.05) is 0 Å². The Kier molecular flexibility index (Phi) is 2.07. The summed E-state index contributed by atoms with van der Waals surface area (Å²) in [6, 6.07) is 3.72. The summed E-state index contributed by atoms with van der Waals surface area (Å²) in [6.07, 6.45) is 1.42. The minimum absolute atomic E-state index is 0.0258. The maximum absolute atomic E-state index is 11.9. The van der Waals surface area contributed by atoms with Crippen molar-refractivity contribution in [2.24, 2.45) is 0 Å². The summed E-state index contributed by atoms with van der Waals surface area (Å²) < 4.78 is 0. The molecule has 0 N–H and O–H groups in total. The van der Waals surface area contributed by atoms with E-state index in [1.165, 1.54) is 6.08 Å². The molecule has 2 heteroatoms. The van der Waals surface area contributed by atoms with Gasteiger partial charge in [0.2, 0.25) is 0 Å². The molecule has 0 unspecified atom stereocenters. The highest BCUT2D eigenvalue weighted by Crippen LogP contribution is 2.25. The molecule has 2 rings (SSSR count). The van der Waals surface area contributed by atoms with Crippen LogP contribution in [0.2, 0.25) is 0 Å². The van der Waals surface area contributed by atoms with Gasteiger partial charge in [-0.1, -0.05) is 11.6 Å². The van der Waals surface area contributed by atoms with E-state index in [1.54, 1.807) is 13.0 Å². The number of hydrogen-bond acceptors (Lipinski definition) is 2. The Morgan fingerprint density at radius 2 is 1.67 bits per heavy atom. The molecule has 0 spiro atoms. The van der Waals surface area contributed by atoms with Gasteiger partial charge in [0.25, 0.3) is 0 Å². The number of allylic oxidation sites excluding steroid dienone is 2. The third kappa shape index (κ3) is 1.42. The summed E-state index contributed by atoms with van der Waals surface area (Å²) in [7, 11) is 0. The topological polar surface area (TPSA) is 34.1 Å². The molecule has 0 bridgehead atoms. The fraction of sp³-hybridized carbons (Fsp3) is 0.231. The molecule has 1 aliphatic rings. The van der Waals surface area contributed by atoms with Crippen LogP contribution in [0.15, 0.2) is 23.8 Å². The Morgan fingerprint density at radius 1 is 1.00 bits per heavy atom.